The van der Waals surface area contributed by atoms with Crippen molar-refractivity contribution in [2.45, 2.75) is 34.1 Å². The summed E-state index contributed by atoms with van der Waals surface area (Å²) in [5.41, 5.74) is 0.336. The first-order valence-electron chi connectivity index (χ1n) is 10.0. The van der Waals surface area contributed by atoms with Crippen LogP contribution in [-0.4, -0.2) is 12.6 Å². The summed E-state index contributed by atoms with van der Waals surface area (Å²) < 4.78 is 0. The number of hydrogen-bond donors (Lipinski definition) is 0. The molecule has 0 aromatic rings. The number of fused-ring (bicyclic) bond motifs is 8. The predicted molar refractivity (Wildman–Crippen MR) is 92.9 cm³/mol. The topological polar surface area (TPSA) is 34.1 Å². The molecule has 0 amide bonds. The zero-order chi connectivity index (χ0) is 17.0. The SMILES string of the molecule is CC1C=CC(C)[C@@H]2C[C@H]3[C@@H]([C@H]12)[C@@H]1[C@H]2[C@H](C=O)[C@H](C=O)[C@H]2[C@@H]1C3(C)C. The summed E-state index contributed by atoms with van der Waals surface area (Å²) >= 11 is 0. The van der Waals surface area contributed by atoms with E-state index in [1.165, 1.54) is 6.42 Å². The first-order valence-corrected chi connectivity index (χ1v) is 10.0. The fraction of sp³-hybridized carbons (Fsp3) is 0.818. The quantitative estimate of drug-likeness (QED) is 0.570. The van der Waals surface area contributed by atoms with Crippen LogP contribution in [0, 0.1) is 76.4 Å². The molecular formula is C22H30O2. The Labute approximate surface area is 145 Å². The molecular weight excluding hydrogens is 296 g/mol. The molecule has 0 aliphatic heterocycles. The molecule has 4 fully saturated rings. The fourth-order valence-corrected chi connectivity index (χ4v) is 8.73. The molecule has 12 atom stereocenters. The minimum Gasteiger partial charge on any atom is -0.303 e. The van der Waals surface area contributed by atoms with Gasteiger partial charge in [0.2, 0.25) is 0 Å². The van der Waals surface area contributed by atoms with Crippen molar-refractivity contribution in [3.63, 3.8) is 0 Å². The van der Waals surface area contributed by atoms with Crippen LogP contribution < -0.4 is 0 Å². The Kier molecular flexibility index (Phi) is 2.95. The van der Waals surface area contributed by atoms with Crippen LogP contribution in [0.2, 0.25) is 0 Å². The highest BCUT2D eigenvalue weighted by Gasteiger charge is 2.77. The van der Waals surface area contributed by atoms with Crippen LogP contribution in [0.1, 0.15) is 34.1 Å². The third-order valence-electron chi connectivity index (χ3n) is 9.56. The Hall–Kier alpha value is -0.920. The predicted octanol–water partition coefficient (Wildman–Crippen LogP) is 3.86. The average molecular weight is 326 g/mol. The molecule has 2 heteroatoms. The summed E-state index contributed by atoms with van der Waals surface area (Å²) in [4.78, 5) is 23.2. The molecule has 2 nitrogen and oxygen atoms in total. The highest BCUT2D eigenvalue weighted by molar-refractivity contribution is 5.70. The molecule has 0 aromatic carbocycles. The summed E-state index contributed by atoms with van der Waals surface area (Å²) in [7, 11) is 0. The van der Waals surface area contributed by atoms with Gasteiger partial charge in [-0.2, -0.15) is 0 Å². The van der Waals surface area contributed by atoms with Crippen LogP contribution >= 0.6 is 0 Å². The summed E-state index contributed by atoms with van der Waals surface area (Å²) in [6.07, 6.45) is 8.47. The maximum atomic E-state index is 11.6. The van der Waals surface area contributed by atoms with Gasteiger partial charge in [0.25, 0.3) is 0 Å². The lowest BCUT2D eigenvalue weighted by molar-refractivity contribution is -0.214. The molecule has 5 aliphatic carbocycles. The highest BCUT2D eigenvalue weighted by Crippen LogP contribution is 2.80. The number of allylic oxidation sites excluding steroid dienone is 2. The minimum absolute atomic E-state index is 0.0187. The van der Waals surface area contributed by atoms with Gasteiger partial charge in [-0.1, -0.05) is 39.8 Å². The summed E-state index contributed by atoms with van der Waals surface area (Å²) in [6.45, 7) is 9.75. The number of hydrogen-bond acceptors (Lipinski definition) is 2. The van der Waals surface area contributed by atoms with E-state index >= 15 is 0 Å². The lowest BCUT2D eigenvalue weighted by Gasteiger charge is -2.67. The monoisotopic (exact) mass is 326 g/mol. The van der Waals surface area contributed by atoms with Gasteiger partial charge in [-0.05, 0) is 71.0 Å². The second kappa shape index (κ2) is 4.62. The van der Waals surface area contributed by atoms with Gasteiger partial charge in [-0.3, -0.25) is 0 Å². The van der Waals surface area contributed by atoms with Crippen molar-refractivity contribution in [1.29, 1.82) is 0 Å². The molecule has 5 aliphatic rings. The summed E-state index contributed by atoms with van der Waals surface area (Å²) in [6, 6.07) is 0. The van der Waals surface area contributed by atoms with Crippen molar-refractivity contribution in [2.24, 2.45) is 76.4 Å². The average Bonchev–Trinajstić information content (AvgIpc) is 2.99. The Bertz CT molecular complexity index is 619. The number of carbonyl (C=O) groups excluding carboxylic acids is 2. The Morgan fingerprint density at radius 1 is 0.833 bits per heavy atom. The van der Waals surface area contributed by atoms with E-state index in [0.717, 1.165) is 36.2 Å². The van der Waals surface area contributed by atoms with E-state index < -0.39 is 0 Å². The molecule has 0 N–H and O–H groups in total. The molecule has 0 heterocycles. The number of carbonyl (C=O) groups is 2. The molecule has 0 aromatic heterocycles. The number of aldehydes is 2. The van der Waals surface area contributed by atoms with Crippen molar-refractivity contribution >= 4 is 12.6 Å². The van der Waals surface area contributed by atoms with Crippen molar-refractivity contribution in [1.82, 2.24) is 0 Å². The van der Waals surface area contributed by atoms with E-state index in [1.807, 2.05) is 0 Å². The minimum atomic E-state index is 0.0187. The van der Waals surface area contributed by atoms with Gasteiger partial charge < -0.3 is 9.59 Å². The van der Waals surface area contributed by atoms with Crippen LogP contribution in [0.3, 0.4) is 0 Å². The molecule has 2 unspecified atom stereocenters. The van der Waals surface area contributed by atoms with Crippen LogP contribution in [-0.2, 0) is 9.59 Å². The van der Waals surface area contributed by atoms with Gasteiger partial charge in [0.05, 0.1) is 0 Å². The molecule has 4 saturated carbocycles. The highest BCUT2D eigenvalue weighted by atomic mass is 16.1. The maximum Gasteiger partial charge on any atom is 0.124 e. The molecule has 0 spiro atoms. The van der Waals surface area contributed by atoms with Gasteiger partial charge in [-0.25, -0.2) is 0 Å². The van der Waals surface area contributed by atoms with E-state index in [-0.39, 0.29) is 11.8 Å². The van der Waals surface area contributed by atoms with Gasteiger partial charge in [0.1, 0.15) is 12.6 Å². The third kappa shape index (κ3) is 1.47. The van der Waals surface area contributed by atoms with Gasteiger partial charge in [-0.15, -0.1) is 0 Å². The second-order valence-electron chi connectivity index (χ2n) is 10.3. The zero-order valence-corrected chi connectivity index (χ0v) is 15.3. The second-order valence-corrected chi connectivity index (χ2v) is 10.3. The normalized spacial score (nSPS) is 61.7. The van der Waals surface area contributed by atoms with Crippen LogP contribution in [0.15, 0.2) is 12.2 Å². The lowest BCUT2D eigenvalue weighted by Crippen LogP contribution is -2.67. The van der Waals surface area contributed by atoms with Gasteiger partial charge in [0.15, 0.2) is 0 Å². The first kappa shape index (κ1) is 15.3. The molecule has 130 valence electrons. The maximum absolute atomic E-state index is 11.6. The number of rotatable bonds is 2. The van der Waals surface area contributed by atoms with E-state index in [2.05, 4.69) is 39.8 Å². The van der Waals surface area contributed by atoms with Crippen molar-refractivity contribution in [2.75, 3.05) is 0 Å². The van der Waals surface area contributed by atoms with Crippen LogP contribution in [0.25, 0.3) is 0 Å². The van der Waals surface area contributed by atoms with E-state index in [1.54, 1.807) is 0 Å². The molecule has 0 bridgehead atoms. The van der Waals surface area contributed by atoms with Gasteiger partial charge >= 0.3 is 0 Å². The van der Waals surface area contributed by atoms with E-state index in [4.69, 9.17) is 0 Å². The standard InChI is InChI=1S/C22H30O2/c1-10-5-6-11(2)16-12(10)7-15-19(16)20-17-13(8-23)14(9-24)18(17)21(20)22(15,3)4/h5-6,8-21H,7H2,1-4H3/t10?,11?,12-,13+,14-,15-,16+,17-,18+,19-,20-,21-/m0/s1. The summed E-state index contributed by atoms with van der Waals surface area (Å²) in [5, 5.41) is 0. The first-order chi connectivity index (χ1) is 11.4. The smallest absolute Gasteiger partial charge is 0.124 e. The van der Waals surface area contributed by atoms with Crippen LogP contribution in [0.5, 0.6) is 0 Å². The Morgan fingerprint density at radius 2 is 1.46 bits per heavy atom. The Balaban J connectivity index is 1.54. The van der Waals surface area contributed by atoms with E-state index in [9.17, 15) is 9.59 Å². The molecule has 0 saturated heterocycles. The lowest BCUT2D eigenvalue weighted by atomic mass is 9.35. The summed E-state index contributed by atoms with van der Waals surface area (Å²) in [5.74, 6) is 7.03. The van der Waals surface area contributed by atoms with Gasteiger partial charge in [0, 0.05) is 11.8 Å². The van der Waals surface area contributed by atoms with Crippen molar-refractivity contribution in [3.05, 3.63) is 12.2 Å². The molecule has 24 heavy (non-hydrogen) atoms. The molecule has 0 radical (unpaired) electrons. The zero-order valence-electron chi connectivity index (χ0n) is 15.3. The fourth-order valence-electron chi connectivity index (χ4n) is 8.73. The Morgan fingerprint density at radius 3 is 2.12 bits per heavy atom. The third-order valence-corrected chi connectivity index (χ3v) is 9.56. The molecule has 5 rings (SSSR count). The van der Waals surface area contributed by atoms with Crippen molar-refractivity contribution in [3.8, 4) is 0 Å². The van der Waals surface area contributed by atoms with E-state index in [0.29, 0.717) is 40.9 Å². The van der Waals surface area contributed by atoms with Crippen molar-refractivity contribution < 1.29 is 9.59 Å². The van der Waals surface area contributed by atoms with Crippen LogP contribution in [0.4, 0.5) is 0 Å². The largest absolute Gasteiger partial charge is 0.303 e.